The summed E-state index contributed by atoms with van der Waals surface area (Å²) in [4.78, 5) is 14.5. The summed E-state index contributed by atoms with van der Waals surface area (Å²) in [7, 11) is -3.49. The summed E-state index contributed by atoms with van der Waals surface area (Å²) in [5.74, 6) is -0.196. The number of anilines is 1. The number of sulfonamides is 1. The Balaban J connectivity index is 1.66. The first-order valence-corrected chi connectivity index (χ1v) is 11.0. The average Bonchev–Trinajstić information content (AvgIpc) is 2.80. The highest BCUT2D eigenvalue weighted by molar-refractivity contribution is 7.89. The fourth-order valence-corrected chi connectivity index (χ4v) is 4.89. The highest BCUT2D eigenvalue weighted by Gasteiger charge is 2.31. The van der Waals surface area contributed by atoms with Gasteiger partial charge in [-0.3, -0.25) is 9.69 Å². The van der Waals surface area contributed by atoms with Gasteiger partial charge in [-0.05, 0) is 50.1 Å². The van der Waals surface area contributed by atoms with Crippen molar-refractivity contribution >= 4 is 21.6 Å². The van der Waals surface area contributed by atoms with Crippen LogP contribution >= 0.6 is 0 Å². The van der Waals surface area contributed by atoms with Crippen LogP contribution in [0.15, 0.2) is 29.2 Å². The van der Waals surface area contributed by atoms with Crippen molar-refractivity contribution in [3.63, 3.8) is 0 Å². The number of hydrogen-bond acceptors (Lipinski definition) is 4. The van der Waals surface area contributed by atoms with Crippen molar-refractivity contribution < 1.29 is 13.2 Å². The van der Waals surface area contributed by atoms with Crippen molar-refractivity contribution in [2.24, 2.45) is 5.92 Å². The number of nitrogens with one attached hydrogen (secondary N) is 1. The standard InChI is InChI=1S/C19H29N3O3S/c1-15(2)19(23)20-16-7-9-18(10-8-16)26(24,25)22-12-4-11-21(13-14-22)17-5-3-6-17/h7-10,15,17H,3-6,11-14H2,1-2H3,(H,20,23). The van der Waals surface area contributed by atoms with Crippen LogP contribution in [0.25, 0.3) is 0 Å². The van der Waals surface area contributed by atoms with Gasteiger partial charge in [0.2, 0.25) is 15.9 Å². The molecule has 1 aromatic rings. The molecule has 0 bridgehead atoms. The first kappa shape index (κ1) is 19.3. The van der Waals surface area contributed by atoms with E-state index in [-0.39, 0.29) is 16.7 Å². The Morgan fingerprint density at radius 2 is 1.73 bits per heavy atom. The molecule has 2 fully saturated rings. The summed E-state index contributed by atoms with van der Waals surface area (Å²) in [6.45, 7) is 6.55. The van der Waals surface area contributed by atoms with E-state index in [1.807, 2.05) is 13.8 Å². The summed E-state index contributed by atoms with van der Waals surface area (Å²) in [5, 5.41) is 2.79. The number of carbonyl (C=O) groups excluding carboxylic acids is 1. The molecule has 26 heavy (non-hydrogen) atoms. The number of rotatable bonds is 5. The summed E-state index contributed by atoms with van der Waals surface area (Å²) < 4.78 is 27.5. The molecule has 0 radical (unpaired) electrons. The van der Waals surface area contributed by atoms with Gasteiger partial charge in [-0.2, -0.15) is 4.31 Å². The lowest BCUT2D eigenvalue weighted by atomic mass is 9.91. The van der Waals surface area contributed by atoms with Crippen LogP contribution in [0.4, 0.5) is 5.69 Å². The van der Waals surface area contributed by atoms with Gasteiger partial charge in [0.05, 0.1) is 4.90 Å². The molecule has 1 N–H and O–H groups in total. The van der Waals surface area contributed by atoms with Crippen molar-refractivity contribution in [3.8, 4) is 0 Å². The van der Waals surface area contributed by atoms with Crippen molar-refractivity contribution in [2.75, 3.05) is 31.5 Å². The predicted molar refractivity (Wildman–Crippen MR) is 102 cm³/mol. The van der Waals surface area contributed by atoms with E-state index in [0.717, 1.165) is 19.5 Å². The molecule has 0 atom stereocenters. The summed E-state index contributed by atoms with van der Waals surface area (Å²) in [5.41, 5.74) is 0.620. The number of nitrogens with zero attached hydrogens (tertiary/aromatic N) is 2. The third kappa shape index (κ3) is 4.27. The second kappa shape index (κ2) is 8.06. The molecule has 0 spiro atoms. The number of carbonyl (C=O) groups is 1. The Kier molecular flexibility index (Phi) is 5.99. The topological polar surface area (TPSA) is 69.7 Å². The fraction of sp³-hybridized carbons (Fsp3) is 0.632. The normalized spacial score (nSPS) is 20.6. The zero-order chi connectivity index (χ0) is 18.7. The molecule has 1 amide bonds. The Labute approximate surface area is 156 Å². The van der Waals surface area contributed by atoms with E-state index in [1.165, 1.54) is 19.3 Å². The second-order valence-electron chi connectivity index (χ2n) is 7.55. The Bertz CT molecular complexity index is 727. The minimum atomic E-state index is -3.49. The van der Waals surface area contributed by atoms with Crippen molar-refractivity contribution in [1.29, 1.82) is 0 Å². The van der Waals surface area contributed by atoms with E-state index < -0.39 is 10.0 Å². The van der Waals surface area contributed by atoms with Gasteiger partial charge < -0.3 is 5.32 Å². The van der Waals surface area contributed by atoms with Crippen LogP contribution in [0.3, 0.4) is 0 Å². The second-order valence-corrected chi connectivity index (χ2v) is 9.48. The van der Waals surface area contributed by atoms with Crippen molar-refractivity contribution in [2.45, 2.75) is 50.5 Å². The van der Waals surface area contributed by atoms with Crippen LogP contribution in [0.5, 0.6) is 0 Å². The van der Waals surface area contributed by atoms with E-state index in [9.17, 15) is 13.2 Å². The first-order chi connectivity index (χ1) is 12.4. The molecule has 1 saturated carbocycles. The Morgan fingerprint density at radius 3 is 2.31 bits per heavy atom. The maximum atomic E-state index is 13.0. The lowest BCUT2D eigenvalue weighted by molar-refractivity contribution is -0.118. The predicted octanol–water partition coefficient (Wildman–Crippen LogP) is 2.53. The number of amides is 1. The zero-order valence-electron chi connectivity index (χ0n) is 15.6. The molecule has 1 aliphatic heterocycles. The highest BCUT2D eigenvalue weighted by Crippen LogP contribution is 2.27. The molecular weight excluding hydrogens is 350 g/mol. The average molecular weight is 380 g/mol. The van der Waals surface area contributed by atoms with E-state index >= 15 is 0 Å². The van der Waals surface area contributed by atoms with Gasteiger partial charge in [0.15, 0.2) is 0 Å². The van der Waals surface area contributed by atoms with Gasteiger partial charge in [-0.25, -0.2) is 8.42 Å². The maximum absolute atomic E-state index is 13.0. The van der Waals surface area contributed by atoms with E-state index in [0.29, 0.717) is 24.8 Å². The van der Waals surface area contributed by atoms with E-state index in [1.54, 1.807) is 28.6 Å². The lowest BCUT2D eigenvalue weighted by Gasteiger charge is -2.36. The largest absolute Gasteiger partial charge is 0.326 e. The Hall–Kier alpha value is -1.44. The van der Waals surface area contributed by atoms with Crippen molar-refractivity contribution in [1.82, 2.24) is 9.21 Å². The van der Waals surface area contributed by atoms with Gasteiger partial charge >= 0.3 is 0 Å². The highest BCUT2D eigenvalue weighted by atomic mass is 32.2. The molecule has 1 aliphatic carbocycles. The van der Waals surface area contributed by atoms with Crippen molar-refractivity contribution in [3.05, 3.63) is 24.3 Å². The molecule has 144 valence electrons. The third-order valence-corrected chi connectivity index (χ3v) is 7.28. The molecule has 0 unspecified atom stereocenters. The smallest absolute Gasteiger partial charge is 0.243 e. The van der Waals surface area contributed by atoms with E-state index in [2.05, 4.69) is 10.2 Å². The summed E-state index contributed by atoms with van der Waals surface area (Å²) >= 11 is 0. The number of hydrogen-bond donors (Lipinski definition) is 1. The quantitative estimate of drug-likeness (QED) is 0.853. The molecule has 0 aromatic heterocycles. The van der Waals surface area contributed by atoms with Crippen LogP contribution < -0.4 is 5.32 Å². The monoisotopic (exact) mass is 379 g/mol. The molecule has 7 heteroatoms. The van der Waals surface area contributed by atoms with Gasteiger partial charge in [0.1, 0.15) is 0 Å². The van der Waals surface area contributed by atoms with E-state index in [4.69, 9.17) is 0 Å². The lowest BCUT2D eigenvalue weighted by Crippen LogP contribution is -2.42. The van der Waals surface area contributed by atoms with Crippen LogP contribution in [0, 0.1) is 5.92 Å². The molecule has 1 heterocycles. The minimum absolute atomic E-state index is 0.0794. The maximum Gasteiger partial charge on any atom is 0.243 e. The molecular formula is C19H29N3O3S. The number of benzene rings is 1. The Morgan fingerprint density at radius 1 is 1.04 bits per heavy atom. The third-order valence-electron chi connectivity index (χ3n) is 5.36. The minimum Gasteiger partial charge on any atom is -0.326 e. The molecule has 6 nitrogen and oxygen atoms in total. The van der Waals surface area contributed by atoms with Gasteiger partial charge in [-0.15, -0.1) is 0 Å². The van der Waals surface area contributed by atoms with Gasteiger partial charge in [-0.1, -0.05) is 20.3 Å². The zero-order valence-corrected chi connectivity index (χ0v) is 16.5. The van der Waals surface area contributed by atoms with Crippen LogP contribution in [-0.4, -0.2) is 55.8 Å². The van der Waals surface area contributed by atoms with Gasteiger partial charge in [0, 0.05) is 37.3 Å². The fourth-order valence-electron chi connectivity index (χ4n) is 3.42. The SMILES string of the molecule is CC(C)C(=O)Nc1ccc(S(=O)(=O)N2CCCN(C3CCC3)CC2)cc1. The molecule has 1 saturated heterocycles. The summed E-state index contributed by atoms with van der Waals surface area (Å²) in [6.07, 6.45) is 4.66. The van der Waals surface area contributed by atoms with Crippen LogP contribution in [0.1, 0.15) is 39.5 Å². The molecule has 3 rings (SSSR count). The molecule has 1 aromatic carbocycles. The molecule has 2 aliphatic rings. The first-order valence-electron chi connectivity index (χ1n) is 9.53. The van der Waals surface area contributed by atoms with Crippen LogP contribution in [-0.2, 0) is 14.8 Å². The summed E-state index contributed by atoms with van der Waals surface area (Å²) in [6, 6.07) is 7.14. The van der Waals surface area contributed by atoms with Gasteiger partial charge in [0.25, 0.3) is 0 Å². The van der Waals surface area contributed by atoms with Crippen LogP contribution in [0.2, 0.25) is 0 Å².